The van der Waals surface area contributed by atoms with Crippen LogP contribution in [0.25, 0.3) is 0 Å². The predicted molar refractivity (Wildman–Crippen MR) is 80.1 cm³/mol. The lowest BCUT2D eigenvalue weighted by Gasteiger charge is -2.42. The summed E-state index contributed by atoms with van der Waals surface area (Å²) in [5.41, 5.74) is 6.03. The van der Waals surface area contributed by atoms with Crippen molar-refractivity contribution in [1.82, 2.24) is 4.90 Å². The van der Waals surface area contributed by atoms with Gasteiger partial charge in [0, 0.05) is 18.1 Å². The Morgan fingerprint density at radius 2 is 1.68 bits per heavy atom. The summed E-state index contributed by atoms with van der Waals surface area (Å²) in [5, 5.41) is 10.5. The molecule has 0 aromatic heterocycles. The van der Waals surface area contributed by atoms with Crippen LogP contribution in [0, 0.1) is 0 Å². The Kier molecular flexibility index (Phi) is 6.11. The molecule has 3 N–H and O–H groups in total. The zero-order valence-electron chi connectivity index (χ0n) is 12.6. The SMILES string of the molecule is CCCN(C1CCC(N)CC1)C1CCCCCC1O. The zero-order valence-corrected chi connectivity index (χ0v) is 12.6. The van der Waals surface area contributed by atoms with E-state index in [-0.39, 0.29) is 6.10 Å². The highest BCUT2D eigenvalue weighted by molar-refractivity contribution is 4.89. The number of hydrogen-bond acceptors (Lipinski definition) is 3. The number of nitrogens with zero attached hydrogens (tertiary/aromatic N) is 1. The molecule has 2 fully saturated rings. The molecular formula is C16H32N2O. The van der Waals surface area contributed by atoms with Crippen molar-refractivity contribution in [3.63, 3.8) is 0 Å². The smallest absolute Gasteiger partial charge is 0.0695 e. The third-order valence-corrected chi connectivity index (χ3v) is 5.06. The fraction of sp³-hybridized carbons (Fsp3) is 1.00. The standard InChI is InChI=1S/C16H32N2O/c1-2-12-18(14-10-8-13(17)9-11-14)15-6-4-3-5-7-16(15)19/h13-16,19H,2-12,17H2,1H3. The van der Waals surface area contributed by atoms with Gasteiger partial charge in [0.15, 0.2) is 0 Å². The van der Waals surface area contributed by atoms with Gasteiger partial charge in [0.2, 0.25) is 0 Å². The lowest BCUT2D eigenvalue weighted by Crippen LogP contribution is -2.51. The van der Waals surface area contributed by atoms with E-state index in [4.69, 9.17) is 5.73 Å². The van der Waals surface area contributed by atoms with Crippen LogP contribution in [0.3, 0.4) is 0 Å². The van der Waals surface area contributed by atoms with Crippen LogP contribution in [0.4, 0.5) is 0 Å². The number of nitrogens with two attached hydrogens (primary N) is 1. The summed E-state index contributed by atoms with van der Waals surface area (Å²) in [5.74, 6) is 0. The summed E-state index contributed by atoms with van der Waals surface area (Å²) in [6, 6.07) is 1.48. The topological polar surface area (TPSA) is 49.5 Å². The van der Waals surface area contributed by atoms with Crippen LogP contribution in [0.15, 0.2) is 0 Å². The van der Waals surface area contributed by atoms with Crippen LogP contribution >= 0.6 is 0 Å². The van der Waals surface area contributed by atoms with Crippen molar-refractivity contribution >= 4 is 0 Å². The second kappa shape index (κ2) is 7.61. The summed E-state index contributed by atoms with van der Waals surface area (Å²) in [7, 11) is 0. The molecule has 2 atom stereocenters. The molecule has 2 saturated carbocycles. The molecule has 0 aliphatic heterocycles. The Bertz CT molecular complexity index is 251. The van der Waals surface area contributed by atoms with Crippen molar-refractivity contribution in [2.45, 2.75) is 95.4 Å². The fourth-order valence-electron chi connectivity index (χ4n) is 3.97. The van der Waals surface area contributed by atoms with Crippen molar-refractivity contribution in [1.29, 1.82) is 0 Å². The largest absolute Gasteiger partial charge is 0.391 e. The van der Waals surface area contributed by atoms with E-state index in [0.29, 0.717) is 18.1 Å². The van der Waals surface area contributed by atoms with Gasteiger partial charge in [0.1, 0.15) is 0 Å². The first-order valence-corrected chi connectivity index (χ1v) is 8.41. The molecule has 3 nitrogen and oxygen atoms in total. The molecule has 2 rings (SSSR count). The highest BCUT2D eigenvalue weighted by atomic mass is 16.3. The van der Waals surface area contributed by atoms with Gasteiger partial charge < -0.3 is 10.8 Å². The first-order chi connectivity index (χ1) is 9.22. The van der Waals surface area contributed by atoms with Gasteiger partial charge in [-0.2, -0.15) is 0 Å². The molecule has 3 heteroatoms. The summed E-state index contributed by atoms with van der Waals surface area (Å²) < 4.78 is 0. The lowest BCUT2D eigenvalue weighted by molar-refractivity contribution is 0.00824. The summed E-state index contributed by atoms with van der Waals surface area (Å²) in [6.07, 6.45) is 11.8. The van der Waals surface area contributed by atoms with Crippen molar-refractivity contribution in [3.05, 3.63) is 0 Å². The van der Waals surface area contributed by atoms with Crippen molar-refractivity contribution in [2.24, 2.45) is 5.73 Å². The molecule has 19 heavy (non-hydrogen) atoms. The van der Waals surface area contributed by atoms with Gasteiger partial charge >= 0.3 is 0 Å². The molecule has 112 valence electrons. The summed E-state index contributed by atoms with van der Waals surface area (Å²) in [4.78, 5) is 2.64. The van der Waals surface area contributed by atoms with E-state index in [1.165, 1.54) is 44.9 Å². The van der Waals surface area contributed by atoms with E-state index in [9.17, 15) is 5.11 Å². The molecule has 2 aliphatic rings. The number of rotatable bonds is 4. The summed E-state index contributed by atoms with van der Waals surface area (Å²) in [6.45, 7) is 3.40. The Labute approximate surface area is 118 Å². The fourth-order valence-corrected chi connectivity index (χ4v) is 3.97. The van der Waals surface area contributed by atoms with Crippen LogP contribution in [-0.4, -0.2) is 40.8 Å². The number of aliphatic hydroxyl groups excluding tert-OH is 1. The molecule has 0 saturated heterocycles. The van der Waals surface area contributed by atoms with Crippen molar-refractivity contribution in [3.8, 4) is 0 Å². The van der Waals surface area contributed by atoms with E-state index in [1.807, 2.05) is 0 Å². The molecule has 0 aromatic rings. The summed E-state index contributed by atoms with van der Waals surface area (Å²) >= 11 is 0. The van der Waals surface area contributed by atoms with Crippen LogP contribution < -0.4 is 5.73 Å². The van der Waals surface area contributed by atoms with E-state index in [1.54, 1.807) is 0 Å². The second-order valence-corrected chi connectivity index (χ2v) is 6.58. The molecule has 0 heterocycles. The van der Waals surface area contributed by atoms with Gasteiger partial charge in [-0.3, -0.25) is 4.90 Å². The van der Waals surface area contributed by atoms with Gasteiger partial charge in [-0.05, 0) is 51.5 Å². The molecule has 0 aromatic carbocycles. The van der Waals surface area contributed by atoms with Crippen LogP contribution in [0.1, 0.15) is 71.1 Å². The highest BCUT2D eigenvalue weighted by Gasteiger charge is 2.33. The van der Waals surface area contributed by atoms with Gasteiger partial charge in [-0.25, -0.2) is 0 Å². The normalized spacial score (nSPS) is 37.3. The predicted octanol–water partition coefficient (Wildman–Crippen LogP) is 2.66. The van der Waals surface area contributed by atoms with Crippen LogP contribution in [0.5, 0.6) is 0 Å². The van der Waals surface area contributed by atoms with Crippen molar-refractivity contribution < 1.29 is 5.11 Å². The number of aliphatic hydroxyl groups is 1. The molecule has 0 radical (unpaired) electrons. The molecular weight excluding hydrogens is 236 g/mol. The Morgan fingerprint density at radius 1 is 1.00 bits per heavy atom. The third kappa shape index (κ3) is 4.17. The molecule has 0 bridgehead atoms. The van der Waals surface area contributed by atoms with E-state index >= 15 is 0 Å². The Balaban J connectivity index is 2.00. The maximum absolute atomic E-state index is 10.5. The molecule has 0 spiro atoms. The van der Waals surface area contributed by atoms with E-state index in [2.05, 4.69) is 11.8 Å². The van der Waals surface area contributed by atoms with Gasteiger partial charge in [0.25, 0.3) is 0 Å². The minimum absolute atomic E-state index is 0.107. The zero-order chi connectivity index (χ0) is 13.7. The van der Waals surface area contributed by atoms with Gasteiger partial charge in [-0.1, -0.05) is 26.2 Å². The first-order valence-electron chi connectivity index (χ1n) is 8.41. The van der Waals surface area contributed by atoms with Crippen LogP contribution in [-0.2, 0) is 0 Å². The molecule has 2 aliphatic carbocycles. The van der Waals surface area contributed by atoms with E-state index in [0.717, 1.165) is 25.8 Å². The van der Waals surface area contributed by atoms with Gasteiger partial charge in [-0.15, -0.1) is 0 Å². The minimum Gasteiger partial charge on any atom is -0.391 e. The highest BCUT2D eigenvalue weighted by Crippen LogP contribution is 2.29. The number of hydrogen-bond donors (Lipinski definition) is 2. The van der Waals surface area contributed by atoms with Crippen molar-refractivity contribution in [2.75, 3.05) is 6.54 Å². The monoisotopic (exact) mass is 268 g/mol. The van der Waals surface area contributed by atoms with Gasteiger partial charge in [0.05, 0.1) is 6.10 Å². The van der Waals surface area contributed by atoms with Crippen LogP contribution in [0.2, 0.25) is 0 Å². The van der Waals surface area contributed by atoms with E-state index < -0.39 is 0 Å². The Hall–Kier alpha value is -0.120. The average molecular weight is 268 g/mol. The Morgan fingerprint density at radius 3 is 2.37 bits per heavy atom. The first kappa shape index (κ1) is 15.3. The third-order valence-electron chi connectivity index (χ3n) is 5.06. The average Bonchev–Trinajstić information content (AvgIpc) is 2.62. The lowest BCUT2D eigenvalue weighted by atomic mass is 9.88. The minimum atomic E-state index is -0.107. The maximum atomic E-state index is 10.5. The maximum Gasteiger partial charge on any atom is 0.0695 e. The molecule has 2 unspecified atom stereocenters. The quantitative estimate of drug-likeness (QED) is 0.771. The molecule has 0 amide bonds. The second-order valence-electron chi connectivity index (χ2n) is 6.58.